The number of nitrogens with zero attached hydrogens (tertiary/aromatic N) is 2. The molecule has 1 fully saturated rings. The molecular weight excluding hydrogens is 669 g/mol. The molecule has 1 aliphatic rings. The maximum absolute atomic E-state index is 14.7. The van der Waals surface area contributed by atoms with Crippen LogP contribution in [0, 0.1) is 6.92 Å². The first kappa shape index (κ1) is 35.3. The van der Waals surface area contributed by atoms with Crippen LogP contribution in [0.5, 0.6) is 5.75 Å². The summed E-state index contributed by atoms with van der Waals surface area (Å²) in [5, 5.41) is 3.83. The first-order chi connectivity index (χ1) is 23.0. The Labute approximate surface area is 292 Å². The largest absolute Gasteiger partial charge is 0.497 e. The molecule has 1 N–H and O–H groups in total. The van der Waals surface area contributed by atoms with E-state index in [9.17, 15) is 18.0 Å². The van der Waals surface area contributed by atoms with Crippen molar-refractivity contribution in [3.63, 3.8) is 0 Å². The number of amides is 2. The van der Waals surface area contributed by atoms with Gasteiger partial charge in [0, 0.05) is 19.0 Å². The summed E-state index contributed by atoms with van der Waals surface area (Å²) in [5.41, 5.74) is 2.66. The molecule has 0 saturated heterocycles. The van der Waals surface area contributed by atoms with Crippen molar-refractivity contribution in [3.8, 4) is 5.75 Å². The number of aryl methyl sites for hydroxylation is 1. The summed E-state index contributed by atoms with van der Waals surface area (Å²) in [6.45, 7) is 1.30. The standard InChI is InChI=1S/C37H39Cl2N3O5S/c1-26-12-19-32(20-13-26)48(45,46)42(30-15-17-31(47-2)18-16-30)25-36(43)41(24-28-14-21-33(38)34(39)22-28)35(23-27-8-4-3-5-9-27)37(44)40-29-10-6-7-11-29/h3-5,8-9,12-22,29,35H,6-7,10-11,23-25H2,1-2H3,(H,40,44)/t35-/m1/s1. The van der Waals surface area contributed by atoms with Gasteiger partial charge in [-0.3, -0.25) is 13.9 Å². The Morgan fingerprint density at radius 1 is 0.875 bits per heavy atom. The smallest absolute Gasteiger partial charge is 0.264 e. The molecule has 0 aliphatic heterocycles. The van der Waals surface area contributed by atoms with E-state index in [1.165, 1.54) is 24.1 Å². The van der Waals surface area contributed by atoms with E-state index >= 15 is 0 Å². The zero-order valence-electron chi connectivity index (χ0n) is 26.9. The third kappa shape index (κ3) is 8.69. The van der Waals surface area contributed by atoms with Crippen LogP contribution in [0.1, 0.15) is 42.4 Å². The highest BCUT2D eigenvalue weighted by Gasteiger charge is 2.35. The van der Waals surface area contributed by atoms with E-state index in [0.29, 0.717) is 21.4 Å². The number of carbonyl (C=O) groups is 2. The van der Waals surface area contributed by atoms with Crippen LogP contribution in [0.2, 0.25) is 10.0 Å². The van der Waals surface area contributed by atoms with Crippen LogP contribution in [0.3, 0.4) is 0 Å². The predicted molar refractivity (Wildman–Crippen MR) is 190 cm³/mol. The fraction of sp³-hybridized carbons (Fsp3) is 0.297. The van der Waals surface area contributed by atoms with Crippen molar-refractivity contribution in [1.82, 2.24) is 10.2 Å². The van der Waals surface area contributed by atoms with Crippen molar-refractivity contribution in [3.05, 3.63) is 124 Å². The van der Waals surface area contributed by atoms with Crippen molar-refractivity contribution in [2.45, 2.75) is 62.6 Å². The molecule has 1 atom stereocenters. The molecule has 0 spiro atoms. The fourth-order valence-corrected chi connectivity index (χ4v) is 7.61. The molecular formula is C37H39Cl2N3O5S. The van der Waals surface area contributed by atoms with Crippen molar-refractivity contribution < 1.29 is 22.7 Å². The highest BCUT2D eigenvalue weighted by Crippen LogP contribution is 2.29. The van der Waals surface area contributed by atoms with E-state index in [2.05, 4.69) is 5.32 Å². The lowest BCUT2D eigenvalue weighted by molar-refractivity contribution is -0.140. The lowest BCUT2D eigenvalue weighted by Crippen LogP contribution is -2.54. The number of hydrogen-bond donors (Lipinski definition) is 1. The molecule has 0 unspecified atom stereocenters. The first-order valence-corrected chi connectivity index (χ1v) is 18.1. The van der Waals surface area contributed by atoms with Gasteiger partial charge < -0.3 is 15.0 Å². The monoisotopic (exact) mass is 707 g/mol. The van der Waals surface area contributed by atoms with E-state index in [1.807, 2.05) is 37.3 Å². The average molecular weight is 709 g/mol. The Hall–Kier alpha value is -4.05. The number of ether oxygens (including phenoxy) is 1. The Morgan fingerprint density at radius 2 is 1.54 bits per heavy atom. The quantitative estimate of drug-likeness (QED) is 0.159. The summed E-state index contributed by atoms with van der Waals surface area (Å²) < 4.78 is 34.8. The van der Waals surface area contributed by atoms with Gasteiger partial charge >= 0.3 is 0 Å². The van der Waals surface area contributed by atoms with Crippen LogP contribution < -0.4 is 14.4 Å². The molecule has 2 amide bonds. The molecule has 8 nitrogen and oxygen atoms in total. The fourth-order valence-electron chi connectivity index (χ4n) is 5.87. The molecule has 5 rings (SSSR count). The molecule has 0 heterocycles. The second-order valence-corrected chi connectivity index (χ2v) is 14.7. The summed E-state index contributed by atoms with van der Waals surface area (Å²) >= 11 is 12.6. The maximum atomic E-state index is 14.7. The summed E-state index contributed by atoms with van der Waals surface area (Å²) in [6, 6.07) is 26.5. The van der Waals surface area contributed by atoms with Crippen molar-refractivity contribution in [2.24, 2.45) is 0 Å². The van der Waals surface area contributed by atoms with Gasteiger partial charge in [0.25, 0.3) is 10.0 Å². The van der Waals surface area contributed by atoms with Crippen molar-refractivity contribution in [1.29, 1.82) is 0 Å². The van der Waals surface area contributed by atoms with Gasteiger partial charge in [-0.15, -0.1) is 0 Å². The second-order valence-electron chi connectivity index (χ2n) is 12.0. The van der Waals surface area contributed by atoms with Gasteiger partial charge in [-0.25, -0.2) is 8.42 Å². The van der Waals surface area contributed by atoms with Gasteiger partial charge in [-0.2, -0.15) is 0 Å². The Bertz CT molecular complexity index is 1810. The summed E-state index contributed by atoms with van der Waals surface area (Å²) in [5.74, 6) is -0.322. The lowest BCUT2D eigenvalue weighted by Gasteiger charge is -2.34. The van der Waals surface area contributed by atoms with Gasteiger partial charge in [-0.05, 0) is 79.4 Å². The number of hydrogen-bond acceptors (Lipinski definition) is 5. The number of sulfonamides is 1. The minimum absolute atomic E-state index is 0.00760. The van der Waals surface area contributed by atoms with Crippen molar-refractivity contribution in [2.75, 3.05) is 18.0 Å². The SMILES string of the molecule is COc1ccc(N(CC(=O)N(Cc2ccc(Cl)c(Cl)c2)[C@H](Cc2ccccc2)C(=O)NC2CCCC2)S(=O)(=O)c2ccc(C)cc2)cc1. The summed E-state index contributed by atoms with van der Waals surface area (Å²) in [7, 11) is -2.70. The third-order valence-corrected chi connectivity index (χ3v) is 11.1. The minimum Gasteiger partial charge on any atom is -0.497 e. The van der Waals surface area contributed by atoms with E-state index in [-0.39, 0.29) is 35.5 Å². The van der Waals surface area contributed by atoms with Crippen LogP contribution in [0.25, 0.3) is 0 Å². The third-order valence-electron chi connectivity index (χ3n) is 8.56. The second kappa shape index (κ2) is 15.9. The molecule has 4 aromatic carbocycles. The molecule has 0 bridgehead atoms. The van der Waals surface area contributed by atoms with E-state index < -0.39 is 28.5 Å². The van der Waals surface area contributed by atoms with Crippen LogP contribution in [-0.4, -0.2) is 50.9 Å². The molecule has 11 heteroatoms. The van der Waals surface area contributed by atoms with Gasteiger partial charge in [0.1, 0.15) is 18.3 Å². The normalized spacial score (nSPS) is 13.9. The minimum atomic E-state index is -4.22. The summed E-state index contributed by atoms with van der Waals surface area (Å²) in [6.07, 6.45) is 4.00. The van der Waals surface area contributed by atoms with Crippen LogP contribution in [0.15, 0.2) is 102 Å². The average Bonchev–Trinajstić information content (AvgIpc) is 3.60. The highest BCUT2D eigenvalue weighted by molar-refractivity contribution is 7.92. The number of nitrogens with one attached hydrogen (secondary N) is 1. The lowest BCUT2D eigenvalue weighted by atomic mass is 10.0. The Balaban J connectivity index is 1.58. The van der Waals surface area contributed by atoms with Crippen molar-refractivity contribution >= 4 is 50.7 Å². The molecule has 4 aromatic rings. The number of carbonyl (C=O) groups excluding carboxylic acids is 2. The predicted octanol–water partition coefficient (Wildman–Crippen LogP) is 7.20. The highest BCUT2D eigenvalue weighted by atomic mass is 35.5. The topological polar surface area (TPSA) is 96.0 Å². The van der Waals surface area contributed by atoms with Gasteiger partial charge in [-0.1, -0.05) is 90.1 Å². The Morgan fingerprint density at radius 3 is 2.17 bits per heavy atom. The zero-order valence-corrected chi connectivity index (χ0v) is 29.3. The zero-order chi connectivity index (χ0) is 34.3. The van der Waals surface area contributed by atoms with Crippen LogP contribution >= 0.6 is 23.2 Å². The number of rotatable bonds is 13. The van der Waals surface area contributed by atoms with Gasteiger partial charge in [0.15, 0.2) is 0 Å². The first-order valence-electron chi connectivity index (χ1n) is 15.9. The molecule has 0 aromatic heterocycles. The number of methoxy groups -OCH3 is 1. The molecule has 1 saturated carbocycles. The van der Waals surface area contributed by atoms with Gasteiger partial charge in [0.05, 0.1) is 27.7 Å². The molecule has 48 heavy (non-hydrogen) atoms. The van der Waals surface area contributed by atoms with Gasteiger partial charge in [0.2, 0.25) is 11.8 Å². The van der Waals surface area contributed by atoms with E-state index in [0.717, 1.165) is 41.1 Å². The molecule has 0 radical (unpaired) electrons. The Kier molecular flexibility index (Phi) is 11.7. The van der Waals surface area contributed by atoms with E-state index in [1.54, 1.807) is 54.6 Å². The molecule has 252 valence electrons. The van der Waals surface area contributed by atoms with Crippen LogP contribution in [0.4, 0.5) is 5.69 Å². The number of anilines is 1. The summed E-state index contributed by atoms with van der Waals surface area (Å²) in [4.78, 5) is 30.3. The van der Waals surface area contributed by atoms with Crippen LogP contribution in [-0.2, 0) is 32.6 Å². The van der Waals surface area contributed by atoms with E-state index in [4.69, 9.17) is 27.9 Å². The molecule has 1 aliphatic carbocycles. The number of benzene rings is 4. The number of halogens is 2. The maximum Gasteiger partial charge on any atom is 0.264 e.